The van der Waals surface area contributed by atoms with Crippen LogP contribution in [-0.2, 0) is 4.74 Å². The highest BCUT2D eigenvalue weighted by molar-refractivity contribution is 7.80. The highest BCUT2D eigenvalue weighted by Gasteiger charge is 2.18. The Morgan fingerprint density at radius 3 is 2.52 bits per heavy atom. The van der Waals surface area contributed by atoms with Crippen molar-refractivity contribution in [2.75, 3.05) is 17.7 Å². The molecule has 0 bridgehead atoms. The number of thiocarbonyl (C=S) groups is 1. The Balaban J connectivity index is 1.86. The summed E-state index contributed by atoms with van der Waals surface area (Å²) in [7, 11) is 1.34. The molecule has 2 aromatic carbocycles. The molecule has 0 aliphatic rings. The second-order valence-corrected chi connectivity index (χ2v) is 7.72. The van der Waals surface area contributed by atoms with E-state index in [1.165, 1.54) is 18.4 Å². The minimum atomic E-state index is -0.445. The molecule has 0 aliphatic carbocycles. The predicted molar refractivity (Wildman–Crippen MR) is 117 cm³/mol. The minimum absolute atomic E-state index is 0.283. The Morgan fingerprint density at radius 2 is 1.81 bits per heavy atom. The number of ether oxygens (including phenoxy) is 1. The van der Waals surface area contributed by atoms with E-state index in [2.05, 4.69) is 10.6 Å². The van der Waals surface area contributed by atoms with Crippen molar-refractivity contribution in [3.63, 3.8) is 0 Å². The molecule has 3 aromatic rings. The molecule has 4 nitrogen and oxygen atoms in total. The summed E-state index contributed by atoms with van der Waals surface area (Å²) >= 11 is 18.9. The first-order valence-corrected chi connectivity index (χ1v) is 9.76. The van der Waals surface area contributed by atoms with E-state index in [0.29, 0.717) is 26.3 Å². The van der Waals surface area contributed by atoms with E-state index in [1.807, 2.05) is 30.3 Å². The number of hydrogen-bond donors (Lipinski definition) is 2. The topological polar surface area (TPSA) is 50.4 Å². The zero-order chi connectivity index (χ0) is 19.4. The number of esters is 1. The lowest BCUT2D eigenvalue weighted by Crippen LogP contribution is -2.20. The third-order valence-corrected chi connectivity index (χ3v) is 5.47. The molecule has 0 unspecified atom stereocenters. The maximum absolute atomic E-state index is 12.2. The molecule has 0 fully saturated rings. The van der Waals surface area contributed by atoms with Gasteiger partial charge >= 0.3 is 5.97 Å². The van der Waals surface area contributed by atoms with Gasteiger partial charge in [-0.25, -0.2) is 4.79 Å². The van der Waals surface area contributed by atoms with E-state index in [4.69, 9.17) is 40.2 Å². The molecule has 0 saturated carbocycles. The van der Waals surface area contributed by atoms with E-state index in [0.717, 1.165) is 10.4 Å². The maximum Gasteiger partial charge on any atom is 0.340 e. The van der Waals surface area contributed by atoms with Crippen molar-refractivity contribution in [2.45, 2.75) is 0 Å². The molecule has 138 valence electrons. The number of carbonyl (C=O) groups is 1. The fourth-order valence-electron chi connectivity index (χ4n) is 2.34. The van der Waals surface area contributed by atoms with Crippen LogP contribution < -0.4 is 10.6 Å². The normalized spacial score (nSPS) is 10.3. The van der Waals surface area contributed by atoms with Gasteiger partial charge in [0.2, 0.25) is 0 Å². The van der Waals surface area contributed by atoms with Gasteiger partial charge in [-0.3, -0.25) is 0 Å². The van der Waals surface area contributed by atoms with Crippen LogP contribution in [0.1, 0.15) is 10.4 Å². The lowest BCUT2D eigenvalue weighted by molar-refractivity contribution is 0.0602. The molecule has 27 heavy (non-hydrogen) atoms. The molecule has 0 amide bonds. The van der Waals surface area contributed by atoms with E-state index >= 15 is 0 Å². The molecule has 3 rings (SSSR count). The summed E-state index contributed by atoms with van der Waals surface area (Å²) in [6.07, 6.45) is 0. The van der Waals surface area contributed by atoms with Crippen molar-refractivity contribution >= 4 is 68.5 Å². The van der Waals surface area contributed by atoms with Crippen LogP contribution in [0.3, 0.4) is 0 Å². The number of methoxy groups -OCH3 is 1. The number of thiophene rings is 1. The molecule has 1 aromatic heterocycles. The smallest absolute Gasteiger partial charge is 0.340 e. The number of halogens is 2. The van der Waals surface area contributed by atoms with Crippen LogP contribution in [-0.4, -0.2) is 18.2 Å². The van der Waals surface area contributed by atoms with Gasteiger partial charge in [0.05, 0.1) is 23.4 Å². The van der Waals surface area contributed by atoms with Crippen LogP contribution in [0.4, 0.5) is 10.7 Å². The second kappa shape index (κ2) is 8.71. The average molecular weight is 437 g/mol. The van der Waals surface area contributed by atoms with Crippen molar-refractivity contribution in [3.05, 3.63) is 70.2 Å². The zero-order valence-electron chi connectivity index (χ0n) is 14.1. The Morgan fingerprint density at radius 1 is 1.07 bits per heavy atom. The van der Waals surface area contributed by atoms with E-state index < -0.39 is 5.97 Å². The van der Waals surface area contributed by atoms with Gasteiger partial charge in [-0.05, 0) is 42.0 Å². The van der Waals surface area contributed by atoms with Crippen molar-refractivity contribution in [1.29, 1.82) is 0 Å². The number of carbonyl (C=O) groups excluding carboxylic acids is 1. The SMILES string of the molecule is COC(=O)c1cc(-c2ccccc2)sc1NC(=S)Nc1cc(Cl)ccc1Cl. The number of hydrogen-bond acceptors (Lipinski definition) is 4. The monoisotopic (exact) mass is 436 g/mol. The molecule has 8 heteroatoms. The van der Waals surface area contributed by atoms with Crippen LogP contribution in [0.25, 0.3) is 10.4 Å². The van der Waals surface area contributed by atoms with Gasteiger partial charge in [-0.1, -0.05) is 53.5 Å². The van der Waals surface area contributed by atoms with Crippen LogP contribution in [0.5, 0.6) is 0 Å². The van der Waals surface area contributed by atoms with E-state index in [9.17, 15) is 4.79 Å². The average Bonchev–Trinajstić information content (AvgIpc) is 3.08. The van der Waals surface area contributed by atoms with Crippen molar-refractivity contribution in [2.24, 2.45) is 0 Å². The molecule has 0 saturated heterocycles. The summed E-state index contributed by atoms with van der Waals surface area (Å²) in [6.45, 7) is 0. The van der Waals surface area contributed by atoms with Crippen LogP contribution >= 0.6 is 46.8 Å². The summed E-state index contributed by atoms with van der Waals surface area (Å²) < 4.78 is 4.89. The lowest BCUT2D eigenvalue weighted by Gasteiger charge is -2.12. The van der Waals surface area contributed by atoms with Crippen LogP contribution in [0.2, 0.25) is 10.0 Å². The number of anilines is 2. The Kier molecular flexibility index (Phi) is 6.34. The van der Waals surface area contributed by atoms with Crippen molar-refractivity contribution < 1.29 is 9.53 Å². The highest BCUT2D eigenvalue weighted by Crippen LogP contribution is 2.36. The van der Waals surface area contributed by atoms with Gasteiger partial charge in [0.1, 0.15) is 5.00 Å². The highest BCUT2D eigenvalue weighted by atomic mass is 35.5. The van der Waals surface area contributed by atoms with Crippen molar-refractivity contribution in [1.82, 2.24) is 0 Å². The molecule has 0 atom stereocenters. The molecule has 0 aliphatic heterocycles. The third kappa shape index (κ3) is 4.78. The van der Waals surface area contributed by atoms with E-state index in [1.54, 1.807) is 24.3 Å². The van der Waals surface area contributed by atoms with Crippen LogP contribution in [0, 0.1) is 0 Å². The molecule has 1 heterocycles. The van der Waals surface area contributed by atoms with Gasteiger partial charge in [-0.15, -0.1) is 11.3 Å². The number of rotatable bonds is 4. The maximum atomic E-state index is 12.2. The Labute approximate surface area is 176 Å². The largest absolute Gasteiger partial charge is 0.465 e. The predicted octanol–water partition coefficient (Wildman–Crippen LogP) is 6.32. The Bertz CT molecular complexity index is 991. The number of nitrogens with one attached hydrogen (secondary N) is 2. The Hall–Kier alpha value is -2.12. The second-order valence-electron chi connectivity index (χ2n) is 5.41. The molecule has 0 spiro atoms. The third-order valence-electron chi connectivity index (χ3n) is 3.60. The lowest BCUT2D eigenvalue weighted by atomic mass is 10.1. The van der Waals surface area contributed by atoms with Crippen molar-refractivity contribution in [3.8, 4) is 10.4 Å². The molecular formula is C19H14Cl2N2O2S2. The first-order valence-electron chi connectivity index (χ1n) is 7.78. The minimum Gasteiger partial charge on any atom is -0.465 e. The summed E-state index contributed by atoms with van der Waals surface area (Å²) in [5.41, 5.74) is 1.97. The van der Waals surface area contributed by atoms with Gasteiger partial charge in [0, 0.05) is 9.90 Å². The van der Waals surface area contributed by atoms with Gasteiger partial charge in [0.15, 0.2) is 5.11 Å². The van der Waals surface area contributed by atoms with Crippen LogP contribution in [0.15, 0.2) is 54.6 Å². The van der Waals surface area contributed by atoms with E-state index in [-0.39, 0.29) is 5.11 Å². The van der Waals surface area contributed by atoms with Gasteiger partial charge in [-0.2, -0.15) is 0 Å². The summed E-state index contributed by atoms with van der Waals surface area (Å²) in [6, 6.07) is 16.6. The van der Waals surface area contributed by atoms with Gasteiger partial charge in [0.25, 0.3) is 0 Å². The van der Waals surface area contributed by atoms with Gasteiger partial charge < -0.3 is 15.4 Å². The first kappa shape index (κ1) is 19.6. The fraction of sp³-hybridized carbons (Fsp3) is 0.0526. The standard InChI is InChI=1S/C19H14Cl2N2O2S2/c1-25-18(24)13-10-16(11-5-3-2-4-6-11)27-17(13)23-19(26)22-15-9-12(20)7-8-14(15)21/h2-10H,1H3,(H2,22,23,26). The molecule has 2 N–H and O–H groups in total. The fourth-order valence-corrected chi connectivity index (χ4v) is 4.01. The molecular weight excluding hydrogens is 423 g/mol. The quantitative estimate of drug-likeness (QED) is 0.370. The summed E-state index contributed by atoms with van der Waals surface area (Å²) in [5, 5.41) is 7.91. The molecule has 0 radical (unpaired) electrons. The zero-order valence-corrected chi connectivity index (χ0v) is 17.2. The summed E-state index contributed by atoms with van der Waals surface area (Å²) in [5.74, 6) is -0.445. The number of benzene rings is 2. The first-order chi connectivity index (χ1) is 13.0. The summed E-state index contributed by atoms with van der Waals surface area (Å²) in [4.78, 5) is 13.1.